The van der Waals surface area contributed by atoms with Crippen molar-refractivity contribution in [3.63, 3.8) is 0 Å². The number of anilines is 1. The summed E-state index contributed by atoms with van der Waals surface area (Å²) >= 11 is 13.3. The van der Waals surface area contributed by atoms with E-state index in [2.05, 4.69) is 15.3 Å². The molecule has 0 saturated carbocycles. The zero-order valence-electron chi connectivity index (χ0n) is 17.0. The molecule has 0 radical (unpaired) electrons. The van der Waals surface area contributed by atoms with Gasteiger partial charge in [-0.15, -0.1) is 11.3 Å². The van der Waals surface area contributed by atoms with E-state index in [9.17, 15) is 14.4 Å². The number of aromatic amines is 1. The second-order valence-corrected chi connectivity index (χ2v) is 8.50. The number of amides is 1. The summed E-state index contributed by atoms with van der Waals surface area (Å²) in [5.74, 6) is -0.424. The molecule has 1 aromatic carbocycles. The molecule has 3 rings (SSSR count). The van der Waals surface area contributed by atoms with Gasteiger partial charge in [0.2, 0.25) is 5.91 Å². The van der Waals surface area contributed by atoms with Crippen molar-refractivity contribution in [2.45, 2.75) is 20.4 Å². The number of carbonyl (C=O) groups is 2. The predicted molar refractivity (Wildman–Crippen MR) is 122 cm³/mol. The molecule has 0 atom stereocenters. The maximum absolute atomic E-state index is 12.6. The standard InChI is InChI=1S/C20H20Cl2N4O4S/c1-4-26(9-14(27)25-16-11(21)6-5-7-12(16)22)8-13-23-18(28)15-10(2)17(20(29)30-3)31-19(15)24-13/h5-7H,4,8-9H2,1-3H3,(H,25,27)(H,23,24,28). The van der Waals surface area contributed by atoms with E-state index < -0.39 is 5.97 Å². The van der Waals surface area contributed by atoms with Gasteiger partial charge in [0, 0.05) is 0 Å². The van der Waals surface area contributed by atoms with Gasteiger partial charge in [-0.25, -0.2) is 9.78 Å². The van der Waals surface area contributed by atoms with E-state index in [1.54, 1.807) is 30.0 Å². The molecule has 164 valence electrons. The fourth-order valence-electron chi connectivity index (χ4n) is 3.04. The quantitative estimate of drug-likeness (QED) is 0.495. The first kappa shape index (κ1) is 23.2. The summed E-state index contributed by atoms with van der Waals surface area (Å²) in [5, 5.41) is 3.76. The third-order valence-corrected chi connectivity index (χ3v) is 6.43. The number of nitrogens with zero attached hydrogens (tertiary/aromatic N) is 2. The zero-order valence-corrected chi connectivity index (χ0v) is 19.4. The third-order valence-electron chi connectivity index (χ3n) is 4.64. The highest BCUT2D eigenvalue weighted by Crippen LogP contribution is 2.30. The number of hydrogen-bond acceptors (Lipinski definition) is 7. The Morgan fingerprint density at radius 3 is 2.58 bits per heavy atom. The number of methoxy groups -OCH3 is 1. The van der Waals surface area contributed by atoms with E-state index in [1.807, 2.05) is 6.92 Å². The summed E-state index contributed by atoms with van der Waals surface area (Å²) in [6.45, 7) is 4.37. The third kappa shape index (κ3) is 5.07. The Morgan fingerprint density at radius 1 is 1.29 bits per heavy atom. The first-order valence-electron chi connectivity index (χ1n) is 9.32. The number of benzene rings is 1. The first-order chi connectivity index (χ1) is 14.7. The van der Waals surface area contributed by atoms with Crippen LogP contribution in [-0.2, 0) is 16.1 Å². The van der Waals surface area contributed by atoms with E-state index >= 15 is 0 Å². The van der Waals surface area contributed by atoms with Gasteiger partial charge in [-0.05, 0) is 31.2 Å². The summed E-state index contributed by atoms with van der Waals surface area (Å²) in [4.78, 5) is 46.8. The van der Waals surface area contributed by atoms with Crippen molar-refractivity contribution in [1.82, 2.24) is 14.9 Å². The molecule has 0 aliphatic carbocycles. The van der Waals surface area contributed by atoms with Gasteiger partial charge < -0.3 is 15.0 Å². The van der Waals surface area contributed by atoms with Crippen LogP contribution in [0.5, 0.6) is 0 Å². The second kappa shape index (κ2) is 9.78. The number of hydrogen-bond donors (Lipinski definition) is 2. The van der Waals surface area contributed by atoms with Gasteiger partial charge in [0.15, 0.2) is 0 Å². The summed E-state index contributed by atoms with van der Waals surface area (Å²) in [6, 6.07) is 4.96. The van der Waals surface area contributed by atoms with Crippen LogP contribution in [0.2, 0.25) is 10.0 Å². The summed E-state index contributed by atoms with van der Waals surface area (Å²) in [7, 11) is 1.29. The van der Waals surface area contributed by atoms with Crippen molar-refractivity contribution in [2.24, 2.45) is 0 Å². The lowest BCUT2D eigenvalue weighted by Gasteiger charge is -2.19. The average Bonchev–Trinajstić information content (AvgIpc) is 3.06. The molecule has 0 aliphatic heterocycles. The molecule has 0 spiro atoms. The van der Waals surface area contributed by atoms with Gasteiger partial charge in [0.25, 0.3) is 5.56 Å². The lowest BCUT2D eigenvalue weighted by molar-refractivity contribution is -0.117. The molecule has 0 unspecified atom stereocenters. The molecule has 0 aliphatic rings. The highest BCUT2D eigenvalue weighted by molar-refractivity contribution is 7.20. The lowest BCUT2D eigenvalue weighted by Crippen LogP contribution is -2.34. The van der Waals surface area contributed by atoms with E-state index in [-0.39, 0.29) is 24.6 Å². The van der Waals surface area contributed by atoms with Crippen LogP contribution in [0.15, 0.2) is 23.0 Å². The SMILES string of the molecule is CCN(CC(=O)Nc1c(Cl)cccc1Cl)Cc1nc2sc(C(=O)OC)c(C)c2c(=O)[nH]1. The van der Waals surface area contributed by atoms with Crippen molar-refractivity contribution < 1.29 is 14.3 Å². The zero-order chi connectivity index (χ0) is 22.7. The number of thiophene rings is 1. The summed E-state index contributed by atoms with van der Waals surface area (Å²) < 4.78 is 4.77. The molecular weight excluding hydrogens is 463 g/mol. The Labute approximate surface area is 192 Å². The van der Waals surface area contributed by atoms with Gasteiger partial charge in [0.05, 0.1) is 41.3 Å². The number of carbonyl (C=O) groups excluding carboxylic acids is 2. The normalized spacial score (nSPS) is 11.2. The minimum Gasteiger partial charge on any atom is -0.465 e. The minimum atomic E-state index is -0.508. The van der Waals surface area contributed by atoms with E-state index in [4.69, 9.17) is 27.9 Å². The van der Waals surface area contributed by atoms with E-state index in [0.29, 0.717) is 48.8 Å². The molecular formula is C20H20Cl2N4O4S. The molecule has 2 aromatic heterocycles. The smallest absolute Gasteiger partial charge is 0.348 e. The second-order valence-electron chi connectivity index (χ2n) is 6.69. The Kier molecular flexibility index (Phi) is 7.32. The molecule has 0 bridgehead atoms. The van der Waals surface area contributed by atoms with E-state index in [1.165, 1.54) is 7.11 Å². The monoisotopic (exact) mass is 482 g/mol. The highest BCUT2D eigenvalue weighted by Gasteiger charge is 2.20. The van der Waals surface area contributed by atoms with Gasteiger partial charge in [-0.3, -0.25) is 14.5 Å². The molecule has 31 heavy (non-hydrogen) atoms. The van der Waals surface area contributed by atoms with Crippen LogP contribution in [0.1, 0.15) is 28.0 Å². The number of halogens is 2. The number of rotatable bonds is 7. The molecule has 1 amide bonds. The number of fused-ring (bicyclic) bond motifs is 1. The number of H-pyrrole nitrogens is 1. The van der Waals surface area contributed by atoms with Crippen molar-refractivity contribution in [3.05, 3.63) is 54.9 Å². The number of aryl methyl sites for hydroxylation is 1. The number of nitrogens with one attached hydrogen (secondary N) is 2. The molecule has 0 fully saturated rings. The van der Waals surface area contributed by atoms with Crippen molar-refractivity contribution in [2.75, 3.05) is 25.5 Å². The van der Waals surface area contributed by atoms with Crippen molar-refractivity contribution in [3.8, 4) is 0 Å². The van der Waals surface area contributed by atoms with Crippen LogP contribution in [0.4, 0.5) is 5.69 Å². The maximum Gasteiger partial charge on any atom is 0.348 e. The maximum atomic E-state index is 12.6. The Hall–Kier alpha value is -2.46. The van der Waals surface area contributed by atoms with Gasteiger partial charge in [0.1, 0.15) is 15.5 Å². The number of likely N-dealkylation sites (N-methyl/N-ethyl adjacent to an activating group) is 1. The summed E-state index contributed by atoms with van der Waals surface area (Å²) in [5.41, 5.74) is 0.548. The Balaban J connectivity index is 1.79. The molecule has 3 aromatic rings. The van der Waals surface area contributed by atoms with Crippen LogP contribution in [0.25, 0.3) is 10.2 Å². The Bertz CT molecular complexity index is 1190. The van der Waals surface area contributed by atoms with Crippen LogP contribution in [0.3, 0.4) is 0 Å². The van der Waals surface area contributed by atoms with Crippen molar-refractivity contribution >= 4 is 62.3 Å². The molecule has 2 N–H and O–H groups in total. The number of esters is 1. The Morgan fingerprint density at radius 2 is 1.97 bits per heavy atom. The van der Waals surface area contributed by atoms with Crippen LogP contribution in [-0.4, -0.2) is 46.9 Å². The lowest BCUT2D eigenvalue weighted by atomic mass is 10.2. The van der Waals surface area contributed by atoms with Crippen LogP contribution >= 0.6 is 34.5 Å². The fraction of sp³-hybridized carbons (Fsp3) is 0.300. The van der Waals surface area contributed by atoms with E-state index in [0.717, 1.165) is 11.3 Å². The van der Waals surface area contributed by atoms with Crippen LogP contribution in [0, 0.1) is 6.92 Å². The number of aromatic nitrogens is 2. The largest absolute Gasteiger partial charge is 0.465 e. The predicted octanol–water partition coefficient (Wildman–Crippen LogP) is 3.85. The van der Waals surface area contributed by atoms with Crippen LogP contribution < -0.4 is 10.9 Å². The molecule has 0 saturated heterocycles. The fourth-order valence-corrected chi connectivity index (χ4v) is 4.65. The molecule has 2 heterocycles. The first-order valence-corrected chi connectivity index (χ1v) is 10.9. The van der Waals surface area contributed by atoms with Gasteiger partial charge in [-0.2, -0.15) is 0 Å². The molecule has 11 heteroatoms. The number of ether oxygens (including phenoxy) is 1. The van der Waals surface area contributed by atoms with Gasteiger partial charge in [-0.1, -0.05) is 36.2 Å². The number of para-hydroxylation sites is 1. The molecule has 8 nitrogen and oxygen atoms in total. The summed E-state index contributed by atoms with van der Waals surface area (Å²) in [6.07, 6.45) is 0. The van der Waals surface area contributed by atoms with Gasteiger partial charge >= 0.3 is 5.97 Å². The minimum absolute atomic E-state index is 0.0384. The topological polar surface area (TPSA) is 104 Å². The highest BCUT2D eigenvalue weighted by atomic mass is 35.5. The average molecular weight is 483 g/mol. The van der Waals surface area contributed by atoms with Crippen molar-refractivity contribution in [1.29, 1.82) is 0 Å².